The van der Waals surface area contributed by atoms with Gasteiger partial charge in [0.2, 0.25) is 0 Å². The molecular weight excluding hydrogens is 110 g/mol. The van der Waals surface area contributed by atoms with Crippen LogP contribution in [0.4, 0.5) is 0 Å². The Hall–Kier alpha value is -0.720. The second-order valence-corrected chi connectivity index (χ2v) is 1.74. The molecule has 1 nitrogen and oxygen atoms in total. The van der Waals surface area contributed by atoms with Gasteiger partial charge in [0.25, 0.3) is 0 Å². The number of nitrogens with zero attached hydrogens (tertiary/aromatic N) is 1. The highest BCUT2D eigenvalue weighted by molar-refractivity contribution is 4.86. The van der Waals surface area contributed by atoms with Gasteiger partial charge in [-0.25, -0.2) is 0 Å². The first-order valence-electron chi connectivity index (χ1n) is 3.41. The average molecular weight is 124 g/mol. The van der Waals surface area contributed by atoms with Crippen LogP contribution in [-0.4, -0.2) is 0 Å². The quantitative estimate of drug-likeness (QED) is 0.546. The molecule has 0 aliphatic heterocycles. The fourth-order valence-electron chi connectivity index (χ4n) is 0.382. The zero-order valence-electron chi connectivity index (χ0n) is 6.17. The maximum Gasteiger partial charge on any atom is 0.0227 e. The number of allylic oxidation sites excluding steroid dienone is 2. The van der Waals surface area contributed by atoms with Crippen LogP contribution in [0.25, 0.3) is 0 Å². The van der Waals surface area contributed by atoms with Crippen molar-refractivity contribution in [3.8, 4) is 0 Å². The summed E-state index contributed by atoms with van der Waals surface area (Å²) in [6.07, 6.45) is 9.82. The zero-order chi connectivity index (χ0) is 6.95. The lowest BCUT2D eigenvalue weighted by Crippen LogP contribution is -1.78. The Balaban J connectivity index is 3.08. The number of rotatable bonds is 4. The molecule has 0 amide bonds. The van der Waals surface area contributed by atoms with Gasteiger partial charge in [0.1, 0.15) is 0 Å². The van der Waals surface area contributed by atoms with Crippen LogP contribution in [0.1, 0.15) is 26.7 Å². The maximum absolute atomic E-state index is 3.99. The minimum atomic E-state index is 1.06. The lowest BCUT2D eigenvalue weighted by Gasteiger charge is -1.81. The van der Waals surface area contributed by atoms with Gasteiger partial charge in [0.15, 0.2) is 0 Å². The predicted molar refractivity (Wildman–Crippen MR) is 41.0 cm³/mol. The summed E-state index contributed by atoms with van der Waals surface area (Å²) >= 11 is 0. The van der Waals surface area contributed by atoms with Gasteiger partial charge in [-0.3, -0.25) is 5.32 Å². The molecule has 0 heterocycles. The van der Waals surface area contributed by atoms with Crippen LogP contribution in [0.3, 0.4) is 0 Å². The van der Waals surface area contributed by atoms with E-state index in [1.807, 2.05) is 24.6 Å². The Labute approximate surface area is 57.5 Å². The van der Waals surface area contributed by atoms with Gasteiger partial charge in [-0.1, -0.05) is 26.0 Å². The van der Waals surface area contributed by atoms with Gasteiger partial charge >= 0.3 is 0 Å². The van der Waals surface area contributed by atoms with Crippen molar-refractivity contribution in [3.05, 3.63) is 24.6 Å². The van der Waals surface area contributed by atoms with E-state index in [0.717, 1.165) is 12.8 Å². The van der Waals surface area contributed by atoms with Gasteiger partial charge in [0, 0.05) is 12.4 Å². The van der Waals surface area contributed by atoms with E-state index in [2.05, 4.69) is 19.2 Å². The van der Waals surface area contributed by atoms with Gasteiger partial charge in [-0.2, -0.15) is 0 Å². The molecule has 0 saturated carbocycles. The van der Waals surface area contributed by atoms with E-state index >= 15 is 0 Å². The SMILES string of the molecule is CCC=C[N]C=CCC. The molecule has 0 atom stereocenters. The highest BCUT2D eigenvalue weighted by Crippen LogP contribution is 1.79. The molecule has 9 heavy (non-hydrogen) atoms. The highest BCUT2D eigenvalue weighted by Gasteiger charge is 1.67. The summed E-state index contributed by atoms with van der Waals surface area (Å²) in [6.45, 7) is 4.19. The first-order valence-corrected chi connectivity index (χ1v) is 3.41. The van der Waals surface area contributed by atoms with E-state index < -0.39 is 0 Å². The summed E-state index contributed by atoms with van der Waals surface area (Å²) in [7, 11) is 0. The van der Waals surface area contributed by atoms with Crippen LogP contribution < -0.4 is 5.32 Å². The molecule has 0 aromatic heterocycles. The third-order valence-electron chi connectivity index (χ3n) is 0.854. The molecule has 0 spiro atoms. The Morgan fingerprint density at radius 3 is 1.78 bits per heavy atom. The minimum absolute atomic E-state index is 1.06. The van der Waals surface area contributed by atoms with Crippen molar-refractivity contribution in [1.29, 1.82) is 0 Å². The maximum atomic E-state index is 3.99. The first-order chi connectivity index (χ1) is 4.41. The van der Waals surface area contributed by atoms with Crippen molar-refractivity contribution in [2.45, 2.75) is 26.7 Å². The average Bonchev–Trinajstić information content (AvgIpc) is 1.89. The molecule has 0 aliphatic carbocycles. The summed E-state index contributed by atoms with van der Waals surface area (Å²) in [6, 6.07) is 0. The van der Waals surface area contributed by atoms with E-state index in [4.69, 9.17) is 0 Å². The number of hydrogen-bond donors (Lipinski definition) is 0. The Morgan fingerprint density at radius 2 is 1.44 bits per heavy atom. The molecule has 0 fully saturated rings. The smallest absolute Gasteiger partial charge is 0.0227 e. The van der Waals surface area contributed by atoms with E-state index in [1.54, 1.807) is 0 Å². The van der Waals surface area contributed by atoms with E-state index in [1.165, 1.54) is 0 Å². The lowest BCUT2D eigenvalue weighted by atomic mass is 10.4. The van der Waals surface area contributed by atoms with E-state index in [-0.39, 0.29) is 0 Å². The Kier molecular flexibility index (Phi) is 6.70. The summed E-state index contributed by atoms with van der Waals surface area (Å²) in [5, 5.41) is 3.99. The van der Waals surface area contributed by atoms with E-state index in [9.17, 15) is 0 Å². The molecule has 0 rings (SSSR count). The fraction of sp³-hybridized carbons (Fsp3) is 0.500. The van der Waals surface area contributed by atoms with Crippen molar-refractivity contribution >= 4 is 0 Å². The topological polar surface area (TPSA) is 14.1 Å². The summed E-state index contributed by atoms with van der Waals surface area (Å²) < 4.78 is 0. The van der Waals surface area contributed by atoms with Gasteiger partial charge in [-0.15, -0.1) is 0 Å². The van der Waals surface area contributed by atoms with E-state index in [0.29, 0.717) is 0 Å². The second-order valence-electron chi connectivity index (χ2n) is 1.74. The van der Waals surface area contributed by atoms with Crippen molar-refractivity contribution < 1.29 is 0 Å². The monoisotopic (exact) mass is 124 g/mol. The molecule has 0 bridgehead atoms. The molecule has 51 valence electrons. The van der Waals surface area contributed by atoms with Crippen LogP contribution in [0.2, 0.25) is 0 Å². The Morgan fingerprint density at radius 1 is 1.00 bits per heavy atom. The lowest BCUT2D eigenvalue weighted by molar-refractivity contribution is 1.09. The third kappa shape index (κ3) is 7.28. The Bertz CT molecular complexity index is 80.7. The molecule has 0 saturated heterocycles. The van der Waals surface area contributed by atoms with Crippen molar-refractivity contribution in [3.63, 3.8) is 0 Å². The number of hydrogen-bond acceptors (Lipinski definition) is 0. The second kappa shape index (κ2) is 7.28. The predicted octanol–water partition coefficient (Wildman–Crippen LogP) is 2.44. The van der Waals surface area contributed by atoms with Crippen LogP contribution in [0, 0.1) is 0 Å². The third-order valence-corrected chi connectivity index (χ3v) is 0.854. The van der Waals surface area contributed by atoms with Gasteiger partial charge in [0.05, 0.1) is 0 Å². The molecule has 1 heteroatoms. The summed E-state index contributed by atoms with van der Waals surface area (Å²) in [5.41, 5.74) is 0. The fourth-order valence-corrected chi connectivity index (χ4v) is 0.382. The highest BCUT2D eigenvalue weighted by atomic mass is 14.8. The van der Waals surface area contributed by atoms with Crippen molar-refractivity contribution in [2.24, 2.45) is 0 Å². The van der Waals surface area contributed by atoms with Crippen LogP contribution in [0.15, 0.2) is 24.6 Å². The molecule has 1 radical (unpaired) electrons. The molecular formula is C8H14N. The van der Waals surface area contributed by atoms with Crippen LogP contribution in [-0.2, 0) is 0 Å². The van der Waals surface area contributed by atoms with Gasteiger partial charge in [-0.05, 0) is 12.8 Å². The standard InChI is InChI=1S/C8H14N/c1-3-5-7-9-8-6-4-2/h5-8H,3-4H2,1-2H3. The first kappa shape index (κ1) is 8.28. The molecule has 0 N–H and O–H groups in total. The molecule has 0 aromatic carbocycles. The van der Waals surface area contributed by atoms with Crippen molar-refractivity contribution in [2.75, 3.05) is 0 Å². The molecule has 0 aromatic rings. The largest absolute Gasteiger partial charge is 0.265 e. The summed E-state index contributed by atoms with van der Waals surface area (Å²) in [5.74, 6) is 0. The van der Waals surface area contributed by atoms with Gasteiger partial charge < -0.3 is 0 Å². The molecule has 0 aliphatic rings. The normalized spacial score (nSPS) is 11.3. The van der Waals surface area contributed by atoms with Crippen LogP contribution >= 0.6 is 0 Å². The van der Waals surface area contributed by atoms with Crippen LogP contribution in [0.5, 0.6) is 0 Å². The zero-order valence-corrected chi connectivity index (χ0v) is 6.17. The van der Waals surface area contributed by atoms with Crippen molar-refractivity contribution in [1.82, 2.24) is 5.32 Å². The molecule has 0 unspecified atom stereocenters. The summed E-state index contributed by atoms with van der Waals surface area (Å²) in [4.78, 5) is 0. The minimum Gasteiger partial charge on any atom is -0.265 e.